The zero-order valence-corrected chi connectivity index (χ0v) is 17.7. The van der Waals surface area contributed by atoms with Gasteiger partial charge < -0.3 is 10.0 Å². The molecule has 1 aromatic carbocycles. The third kappa shape index (κ3) is 4.32. The number of hydrogen-bond acceptors (Lipinski definition) is 4. The van der Waals surface area contributed by atoms with Crippen LogP contribution in [0.1, 0.15) is 42.4 Å². The number of pyridine rings is 1. The number of fused-ring (bicyclic) bond motifs is 1. The van der Waals surface area contributed by atoms with Crippen LogP contribution in [0.25, 0.3) is 6.08 Å². The summed E-state index contributed by atoms with van der Waals surface area (Å²) in [6, 6.07) is 12.9. The topological polar surface area (TPSA) is 56.7 Å². The monoisotopic (exact) mass is 405 g/mol. The van der Waals surface area contributed by atoms with Crippen LogP contribution in [0, 0.1) is 0 Å². The Morgan fingerprint density at radius 2 is 1.87 bits per heavy atom. The molecule has 1 amide bonds. The second kappa shape index (κ2) is 9.54. The summed E-state index contributed by atoms with van der Waals surface area (Å²) < 4.78 is 0. The van der Waals surface area contributed by atoms with Crippen LogP contribution in [0.15, 0.2) is 54.9 Å². The molecule has 2 aliphatic heterocycles. The van der Waals surface area contributed by atoms with Crippen molar-refractivity contribution in [3.05, 3.63) is 71.6 Å². The molecule has 0 aliphatic carbocycles. The van der Waals surface area contributed by atoms with Gasteiger partial charge in [-0.1, -0.05) is 36.4 Å². The van der Waals surface area contributed by atoms with E-state index in [0.717, 1.165) is 38.0 Å². The van der Waals surface area contributed by atoms with Crippen LogP contribution < -0.4 is 0 Å². The highest BCUT2D eigenvalue weighted by atomic mass is 16.3. The Morgan fingerprint density at radius 1 is 1.13 bits per heavy atom. The summed E-state index contributed by atoms with van der Waals surface area (Å²) in [6.07, 6.45) is 10.1. The molecule has 0 unspecified atom stereocenters. The van der Waals surface area contributed by atoms with Gasteiger partial charge >= 0.3 is 0 Å². The van der Waals surface area contributed by atoms with Gasteiger partial charge in [0.15, 0.2) is 0 Å². The van der Waals surface area contributed by atoms with E-state index in [2.05, 4.69) is 40.2 Å². The van der Waals surface area contributed by atoms with Gasteiger partial charge in [0.05, 0.1) is 13.0 Å². The molecular formula is C25H31N3O2. The van der Waals surface area contributed by atoms with E-state index in [1.807, 2.05) is 30.0 Å². The molecule has 0 saturated carbocycles. The van der Waals surface area contributed by atoms with Gasteiger partial charge in [-0.25, -0.2) is 0 Å². The zero-order chi connectivity index (χ0) is 20.9. The van der Waals surface area contributed by atoms with E-state index in [9.17, 15) is 9.90 Å². The Kier molecular flexibility index (Phi) is 6.60. The standard InChI is InChI=1S/C25H31N3O2/c1-2-5-19-6-8-21(9-7-19)25-22-17-27(14-3-4-15-28(22)23(25)18-29)24(30)16-20-10-12-26-13-11-20/h2,5-13,22-23,25,29H,3-4,14-18H2,1H3/b5-2+/t22-,23-,25-/m1/s1. The normalized spacial score (nSPS) is 24.7. The first-order valence-electron chi connectivity index (χ1n) is 11.0. The van der Waals surface area contributed by atoms with E-state index >= 15 is 0 Å². The number of carbonyl (C=O) groups excluding carboxylic acids is 1. The number of aliphatic hydroxyl groups is 1. The molecule has 5 nitrogen and oxygen atoms in total. The number of nitrogens with zero attached hydrogens (tertiary/aromatic N) is 3. The average molecular weight is 406 g/mol. The van der Waals surface area contributed by atoms with Crippen molar-refractivity contribution in [3.63, 3.8) is 0 Å². The molecule has 1 N–H and O–H groups in total. The Balaban J connectivity index is 1.52. The lowest BCUT2D eigenvalue weighted by atomic mass is 9.74. The molecule has 0 radical (unpaired) electrons. The first-order valence-corrected chi connectivity index (χ1v) is 11.0. The van der Waals surface area contributed by atoms with Gasteiger partial charge in [-0.05, 0) is 55.1 Å². The molecule has 2 saturated heterocycles. The highest BCUT2D eigenvalue weighted by Crippen LogP contribution is 2.42. The van der Waals surface area contributed by atoms with Crippen LogP contribution in [0.4, 0.5) is 0 Å². The SMILES string of the molecule is C/C=C/c1ccc([C@H]2[C@@H](CO)N3CCCCN(C(=O)Cc4ccncc4)C[C@H]23)cc1. The van der Waals surface area contributed by atoms with Crippen LogP contribution in [-0.4, -0.2) is 64.1 Å². The quantitative estimate of drug-likeness (QED) is 0.831. The number of aliphatic hydroxyl groups excluding tert-OH is 1. The van der Waals surface area contributed by atoms with Gasteiger partial charge in [0.25, 0.3) is 0 Å². The fraction of sp³-hybridized carbons (Fsp3) is 0.440. The van der Waals surface area contributed by atoms with Crippen molar-refractivity contribution < 1.29 is 9.90 Å². The summed E-state index contributed by atoms with van der Waals surface area (Å²) in [6.45, 7) is 4.70. The lowest BCUT2D eigenvalue weighted by Crippen LogP contribution is -2.68. The van der Waals surface area contributed by atoms with Crippen LogP contribution in [-0.2, 0) is 11.2 Å². The third-order valence-electron chi connectivity index (χ3n) is 6.51. The smallest absolute Gasteiger partial charge is 0.227 e. The Labute approximate surface area is 179 Å². The van der Waals surface area contributed by atoms with Crippen LogP contribution in [0.5, 0.6) is 0 Å². The third-order valence-corrected chi connectivity index (χ3v) is 6.51. The fourth-order valence-electron chi connectivity index (χ4n) is 4.98. The molecule has 5 heteroatoms. The zero-order valence-electron chi connectivity index (χ0n) is 17.7. The maximum atomic E-state index is 13.0. The minimum Gasteiger partial charge on any atom is -0.395 e. The minimum atomic E-state index is 0.137. The van der Waals surface area contributed by atoms with Crippen molar-refractivity contribution in [2.45, 2.75) is 44.2 Å². The van der Waals surface area contributed by atoms with E-state index in [0.29, 0.717) is 6.42 Å². The van der Waals surface area contributed by atoms with Crippen molar-refractivity contribution in [2.75, 3.05) is 26.2 Å². The maximum Gasteiger partial charge on any atom is 0.227 e. The van der Waals surface area contributed by atoms with E-state index in [1.54, 1.807) is 12.4 Å². The molecule has 2 fully saturated rings. The first kappa shape index (κ1) is 20.8. The molecule has 1 aromatic heterocycles. The fourth-order valence-corrected chi connectivity index (χ4v) is 4.98. The largest absolute Gasteiger partial charge is 0.395 e. The second-order valence-corrected chi connectivity index (χ2v) is 8.33. The summed E-state index contributed by atoms with van der Waals surface area (Å²) in [7, 11) is 0. The molecule has 158 valence electrons. The number of amides is 1. The number of benzene rings is 1. The first-order chi connectivity index (χ1) is 14.7. The van der Waals surface area contributed by atoms with Crippen LogP contribution in [0.2, 0.25) is 0 Å². The number of aromatic nitrogens is 1. The van der Waals surface area contributed by atoms with Gasteiger partial charge in [-0.15, -0.1) is 0 Å². The summed E-state index contributed by atoms with van der Waals surface area (Å²) in [5.74, 6) is 0.432. The molecule has 4 rings (SSSR count). The van der Waals surface area contributed by atoms with Gasteiger partial charge in [-0.2, -0.15) is 0 Å². The van der Waals surface area contributed by atoms with Crippen molar-refractivity contribution in [3.8, 4) is 0 Å². The van der Waals surface area contributed by atoms with E-state index < -0.39 is 0 Å². The molecule has 2 aliphatic rings. The van der Waals surface area contributed by atoms with Gasteiger partial charge in [-0.3, -0.25) is 14.7 Å². The lowest BCUT2D eigenvalue weighted by molar-refractivity contribution is -0.135. The van der Waals surface area contributed by atoms with Crippen molar-refractivity contribution >= 4 is 12.0 Å². The number of rotatable bonds is 5. The van der Waals surface area contributed by atoms with Crippen molar-refractivity contribution in [1.29, 1.82) is 0 Å². The molecular weight excluding hydrogens is 374 g/mol. The van der Waals surface area contributed by atoms with Crippen molar-refractivity contribution in [2.24, 2.45) is 0 Å². The summed E-state index contributed by atoms with van der Waals surface area (Å²) in [4.78, 5) is 21.5. The maximum absolute atomic E-state index is 13.0. The van der Waals surface area contributed by atoms with E-state index in [-0.39, 0.29) is 30.5 Å². The number of hydrogen-bond donors (Lipinski definition) is 1. The summed E-state index contributed by atoms with van der Waals surface area (Å²) >= 11 is 0. The Bertz CT molecular complexity index is 866. The second-order valence-electron chi connectivity index (χ2n) is 8.33. The molecule has 0 bridgehead atoms. The van der Waals surface area contributed by atoms with Crippen molar-refractivity contribution in [1.82, 2.24) is 14.8 Å². The van der Waals surface area contributed by atoms with Crippen LogP contribution in [0.3, 0.4) is 0 Å². The highest BCUT2D eigenvalue weighted by Gasteiger charge is 2.49. The Hall–Kier alpha value is -2.50. The molecule has 3 atom stereocenters. The van der Waals surface area contributed by atoms with E-state index in [1.165, 1.54) is 11.1 Å². The predicted molar refractivity (Wildman–Crippen MR) is 119 cm³/mol. The molecule has 3 heterocycles. The van der Waals surface area contributed by atoms with Gasteiger partial charge in [0, 0.05) is 43.5 Å². The average Bonchev–Trinajstić information content (AvgIpc) is 2.74. The highest BCUT2D eigenvalue weighted by molar-refractivity contribution is 5.78. The minimum absolute atomic E-state index is 0.137. The lowest BCUT2D eigenvalue weighted by Gasteiger charge is -2.57. The summed E-state index contributed by atoms with van der Waals surface area (Å²) in [5.41, 5.74) is 3.45. The molecule has 2 aromatic rings. The molecule has 0 spiro atoms. The number of carbonyl (C=O) groups is 1. The predicted octanol–water partition coefficient (Wildman–Crippen LogP) is 3.11. The Morgan fingerprint density at radius 3 is 2.57 bits per heavy atom. The molecule has 30 heavy (non-hydrogen) atoms. The van der Waals surface area contributed by atoms with Gasteiger partial charge in [0.1, 0.15) is 0 Å². The van der Waals surface area contributed by atoms with E-state index in [4.69, 9.17) is 0 Å². The van der Waals surface area contributed by atoms with Gasteiger partial charge in [0.2, 0.25) is 5.91 Å². The number of allylic oxidation sites excluding steroid dienone is 1. The summed E-state index contributed by atoms with van der Waals surface area (Å²) in [5, 5.41) is 10.1. The van der Waals surface area contributed by atoms with Crippen LogP contribution >= 0.6 is 0 Å².